The zero-order valence-electron chi connectivity index (χ0n) is 16.9. The molecule has 30 heavy (non-hydrogen) atoms. The van der Waals surface area contributed by atoms with E-state index in [0.29, 0.717) is 23.5 Å². The van der Waals surface area contributed by atoms with Crippen molar-refractivity contribution in [3.63, 3.8) is 0 Å². The molecule has 2 heterocycles. The summed E-state index contributed by atoms with van der Waals surface area (Å²) in [5.41, 5.74) is 4.24. The van der Waals surface area contributed by atoms with E-state index in [2.05, 4.69) is 10.1 Å². The van der Waals surface area contributed by atoms with Gasteiger partial charge in [-0.25, -0.2) is 14.7 Å². The van der Waals surface area contributed by atoms with Gasteiger partial charge >= 0.3 is 0 Å². The Bertz CT molecular complexity index is 1200. The standard InChI is InChI=1S/C23H22N4O2S/c1-23(2)10-18(28)16(19(29)11-23)12-24-22-26-21-15-13-25-27(14-6-4-3-5-7-14)17(15)8-9-20(21)30-22/h3-7,12-13,28H,8-11H2,1-2H3. The van der Waals surface area contributed by atoms with Gasteiger partial charge in [0.05, 0.1) is 28.8 Å². The van der Waals surface area contributed by atoms with Crippen LogP contribution in [0.4, 0.5) is 5.13 Å². The summed E-state index contributed by atoms with van der Waals surface area (Å²) in [4.78, 5) is 22.7. The molecule has 0 radical (unpaired) electrons. The van der Waals surface area contributed by atoms with E-state index in [1.165, 1.54) is 22.4 Å². The van der Waals surface area contributed by atoms with E-state index < -0.39 is 0 Å². The van der Waals surface area contributed by atoms with Gasteiger partial charge in [0.2, 0.25) is 5.13 Å². The fourth-order valence-corrected chi connectivity index (χ4v) is 5.10. The van der Waals surface area contributed by atoms with Gasteiger partial charge in [0.15, 0.2) is 5.78 Å². The summed E-state index contributed by atoms with van der Waals surface area (Å²) in [6, 6.07) is 10.1. The second-order valence-corrected chi connectivity index (χ2v) is 9.64. The minimum atomic E-state index is -0.214. The van der Waals surface area contributed by atoms with Gasteiger partial charge in [-0.3, -0.25) is 4.79 Å². The monoisotopic (exact) mass is 418 g/mol. The molecule has 0 saturated heterocycles. The lowest BCUT2D eigenvalue weighted by atomic mass is 9.77. The Kier molecular flexibility index (Phi) is 4.43. The largest absolute Gasteiger partial charge is 0.511 e. The number of aliphatic imine (C=N–C) groups is 1. The third kappa shape index (κ3) is 3.29. The minimum absolute atomic E-state index is 0.0692. The summed E-state index contributed by atoms with van der Waals surface area (Å²) < 4.78 is 1.98. The molecule has 7 heteroatoms. The number of aliphatic hydroxyl groups is 1. The normalized spacial score (nSPS) is 18.0. The van der Waals surface area contributed by atoms with E-state index in [4.69, 9.17) is 4.98 Å². The van der Waals surface area contributed by atoms with Crippen LogP contribution in [0.25, 0.3) is 16.9 Å². The van der Waals surface area contributed by atoms with E-state index in [1.54, 1.807) is 0 Å². The minimum Gasteiger partial charge on any atom is -0.511 e. The number of rotatable bonds is 3. The maximum Gasteiger partial charge on any atom is 0.209 e. The molecule has 0 amide bonds. The third-order valence-electron chi connectivity index (χ3n) is 5.60. The van der Waals surface area contributed by atoms with Crippen LogP contribution in [0.3, 0.4) is 0 Å². The second kappa shape index (κ2) is 7.02. The number of aryl methyl sites for hydroxylation is 1. The van der Waals surface area contributed by atoms with E-state index in [-0.39, 0.29) is 17.0 Å². The fraction of sp³-hybridized carbons (Fsp3) is 0.304. The molecular weight excluding hydrogens is 396 g/mol. The van der Waals surface area contributed by atoms with Crippen molar-refractivity contribution in [2.45, 2.75) is 39.5 Å². The number of thiazole rings is 1. The second-order valence-electron chi connectivity index (χ2n) is 8.58. The number of nitrogens with zero attached hydrogens (tertiary/aromatic N) is 4. The lowest BCUT2D eigenvalue weighted by molar-refractivity contribution is -0.117. The van der Waals surface area contributed by atoms with Gasteiger partial charge in [0, 0.05) is 29.5 Å². The van der Waals surface area contributed by atoms with Crippen LogP contribution in [0, 0.1) is 5.41 Å². The van der Waals surface area contributed by atoms with Crippen LogP contribution in [0.5, 0.6) is 0 Å². The van der Waals surface area contributed by atoms with Gasteiger partial charge in [-0.1, -0.05) is 43.4 Å². The quantitative estimate of drug-likeness (QED) is 0.607. The molecule has 2 aliphatic rings. The molecule has 0 fully saturated rings. The first-order chi connectivity index (χ1) is 14.4. The van der Waals surface area contributed by atoms with Crippen molar-refractivity contribution in [2.24, 2.45) is 10.4 Å². The van der Waals surface area contributed by atoms with E-state index in [0.717, 1.165) is 35.5 Å². The predicted molar refractivity (Wildman–Crippen MR) is 118 cm³/mol. The van der Waals surface area contributed by atoms with E-state index >= 15 is 0 Å². The molecule has 0 saturated carbocycles. The first kappa shape index (κ1) is 18.9. The van der Waals surface area contributed by atoms with Crippen molar-refractivity contribution in [3.8, 4) is 16.9 Å². The zero-order valence-corrected chi connectivity index (χ0v) is 17.7. The molecule has 0 aliphatic heterocycles. The summed E-state index contributed by atoms with van der Waals surface area (Å²) in [6.45, 7) is 3.97. The van der Waals surface area contributed by atoms with Crippen LogP contribution in [0.2, 0.25) is 0 Å². The van der Waals surface area contributed by atoms with Gasteiger partial charge in [-0.2, -0.15) is 5.10 Å². The lowest BCUT2D eigenvalue weighted by Crippen LogP contribution is -2.26. The average molecular weight is 419 g/mol. The summed E-state index contributed by atoms with van der Waals surface area (Å²) in [7, 11) is 0. The summed E-state index contributed by atoms with van der Waals surface area (Å²) in [5.74, 6) is 0.0491. The number of allylic oxidation sites excluding steroid dienone is 2. The molecule has 0 atom stereocenters. The van der Waals surface area contributed by atoms with Crippen molar-refractivity contribution in [1.82, 2.24) is 14.8 Å². The fourth-order valence-electron chi connectivity index (χ4n) is 4.18. The van der Waals surface area contributed by atoms with Crippen molar-refractivity contribution in [2.75, 3.05) is 0 Å². The highest BCUT2D eigenvalue weighted by Gasteiger charge is 2.32. The van der Waals surface area contributed by atoms with Gasteiger partial charge in [-0.15, -0.1) is 0 Å². The Labute approximate surface area is 178 Å². The summed E-state index contributed by atoms with van der Waals surface area (Å²) in [5, 5.41) is 15.5. The first-order valence-electron chi connectivity index (χ1n) is 10.0. The Morgan fingerprint density at radius 2 is 2.00 bits per heavy atom. The van der Waals surface area contributed by atoms with E-state index in [9.17, 15) is 9.90 Å². The van der Waals surface area contributed by atoms with Crippen molar-refractivity contribution in [3.05, 3.63) is 58.4 Å². The highest BCUT2D eigenvalue weighted by Crippen LogP contribution is 2.40. The number of ketones is 1. The molecule has 0 spiro atoms. The maximum atomic E-state index is 12.4. The molecule has 152 valence electrons. The third-order valence-corrected chi connectivity index (χ3v) is 6.62. The average Bonchev–Trinajstić information content (AvgIpc) is 3.30. The molecule has 1 aromatic carbocycles. The Balaban J connectivity index is 1.46. The number of para-hydroxylation sites is 1. The maximum absolute atomic E-state index is 12.4. The van der Waals surface area contributed by atoms with Gasteiger partial charge < -0.3 is 5.11 Å². The molecule has 6 nitrogen and oxygen atoms in total. The van der Waals surface area contributed by atoms with Crippen LogP contribution in [-0.4, -0.2) is 31.9 Å². The number of carbonyl (C=O) groups excluding carboxylic acids is 1. The molecule has 2 aromatic heterocycles. The summed E-state index contributed by atoms with van der Waals surface area (Å²) >= 11 is 1.53. The van der Waals surface area contributed by atoms with Crippen LogP contribution in [0.15, 0.2) is 52.9 Å². The van der Waals surface area contributed by atoms with Gasteiger partial charge in [0.1, 0.15) is 5.76 Å². The number of carbonyl (C=O) groups is 1. The Morgan fingerprint density at radius 1 is 1.20 bits per heavy atom. The highest BCUT2D eigenvalue weighted by atomic mass is 32.1. The first-order valence-corrected chi connectivity index (χ1v) is 10.8. The number of hydrogen-bond acceptors (Lipinski definition) is 6. The van der Waals surface area contributed by atoms with Crippen molar-refractivity contribution < 1.29 is 9.90 Å². The predicted octanol–water partition coefficient (Wildman–Crippen LogP) is 5.00. The number of aromatic nitrogens is 3. The molecule has 0 unspecified atom stereocenters. The Morgan fingerprint density at radius 3 is 2.77 bits per heavy atom. The Hall–Kier alpha value is -3.06. The van der Waals surface area contributed by atoms with Crippen molar-refractivity contribution in [1.29, 1.82) is 0 Å². The molecular formula is C23H22N4O2S. The topological polar surface area (TPSA) is 80.4 Å². The smallest absolute Gasteiger partial charge is 0.209 e. The van der Waals surface area contributed by atoms with Crippen LogP contribution in [-0.2, 0) is 17.6 Å². The molecule has 1 N–H and O–H groups in total. The lowest BCUT2D eigenvalue weighted by Gasteiger charge is -2.28. The van der Waals surface area contributed by atoms with E-state index in [1.807, 2.05) is 55.1 Å². The van der Waals surface area contributed by atoms with Gasteiger partial charge in [0.25, 0.3) is 0 Å². The van der Waals surface area contributed by atoms with Crippen molar-refractivity contribution >= 4 is 28.5 Å². The number of fused-ring (bicyclic) bond motifs is 3. The van der Waals surface area contributed by atoms with Crippen LogP contribution >= 0.6 is 11.3 Å². The SMILES string of the molecule is CC1(C)CC(=O)C(C=Nc2nc3c(s2)CCc2c-3cnn2-c2ccccc2)=C(O)C1. The number of benzene rings is 1. The number of hydrogen-bond donors (Lipinski definition) is 1. The molecule has 3 aromatic rings. The van der Waals surface area contributed by atoms with Gasteiger partial charge in [-0.05, 0) is 30.4 Å². The molecule has 2 aliphatic carbocycles. The summed E-state index contributed by atoms with van der Waals surface area (Å²) in [6.07, 6.45) is 6.02. The van der Waals surface area contributed by atoms with Crippen LogP contribution < -0.4 is 0 Å². The number of aliphatic hydroxyl groups excluding tert-OH is 1. The zero-order chi connectivity index (χ0) is 20.9. The number of Topliss-reactive ketones (excluding diaryl/α,β-unsaturated/α-hetero) is 1. The van der Waals surface area contributed by atoms with Crippen LogP contribution in [0.1, 0.15) is 37.3 Å². The molecule has 0 bridgehead atoms. The molecule has 5 rings (SSSR count). The highest BCUT2D eigenvalue weighted by molar-refractivity contribution is 7.15.